The Balaban J connectivity index is 1.07. The largest absolute Gasteiger partial charge is 0.456 e. The number of fused-ring (bicyclic) bond motifs is 9. The number of furan rings is 1. The Morgan fingerprint density at radius 1 is 0.385 bits per heavy atom. The van der Waals surface area contributed by atoms with Gasteiger partial charge >= 0.3 is 0 Å². The summed E-state index contributed by atoms with van der Waals surface area (Å²) in [5, 5.41) is 8.19. The molecule has 0 N–H and O–H groups in total. The predicted molar refractivity (Wildman–Crippen MR) is 217 cm³/mol. The van der Waals surface area contributed by atoms with Crippen LogP contribution in [0.15, 0.2) is 186 Å². The molecule has 0 spiro atoms. The number of rotatable bonds is 4. The molecule has 0 saturated carbocycles. The first kappa shape index (κ1) is 28.8. The molecule has 52 heavy (non-hydrogen) atoms. The van der Waals surface area contributed by atoms with Gasteiger partial charge in [0.15, 0.2) is 0 Å². The van der Waals surface area contributed by atoms with E-state index in [1.54, 1.807) is 0 Å². The molecule has 0 amide bonds. The van der Waals surface area contributed by atoms with Crippen LogP contribution in [0.3, 0.4) is 0 Å². The van der Waals surface area contributed by atoms with Gasteiger partial charge in [0.25, 0.3) is 0 Å². The van der Waals surface area contributed by atoms with Crippen molar-refractivity contribution in [3.63, 3.8) is 0 Å². The highest BCUT2D eigenvalue weighted by Crippen LogP contribution is 2.46. The molecule has 0 aliphatic rings. The van der Waals surface area contributed by atoms with Crippen LogP contribution >= 0.6 is 0 Å². The Morgan fingerprint density at radius 3 is 1.65 bits per heavy atom. The van der Waals surface area contributed by atoms with Crippen LogP contribution in [0.25, 0.3) is 105 Å². The summed E-state index contributed by atoms with van der Waals surface area (Å²) in [6.07, 6.45) is 0. The summed E-state index contributed by atoms with van der Waals surface area (Å²) in [6, 6.07) is 64.8. The predicted octanol–water partition coefficient (Wildman–Crippen LogP) is 13.4. The van der Waals surface area contributed by atoms with Crippen molar-refractivity contribution in [1.29, 1.82) is 0 Å². The number of hydrogen-bond acceptors (Lipinski definition) is 2. The van der Waals surface area contributed by atoms with Gasteiger partial charge in [-0.05, 0) is 59.2 Å². The maximum absolute atomic E-state index is 6.56. The van der Waals surface area contributed by atoms with E-state index in [1.807, 2.05) is 6.07 Å². The third-order valence-corrected chi connectivity index (χ3v) is 10.6. The number of aromatic nitrogens is 2. The maximum atomic E-state index is 6.56. The van der Waals surface area contributed by atoms with E-state index in [1.165, 1.54) is 38.3 Å². The van der Waals surface area contributed by atoms with E-state index in [9.17, 15) is 0 Å². The molecule has 0 radical (unpaired) electrons. The summed E-state index contributed by atoms with van der Waals surface area (Å²) in [7, 11) is 0. The molecule has 11 aromatic rings. The van der Waals surface area contributed by atoms with Crippen molar-refractivity contribution >= 4 is 65.4 Å². The maximum Gasteiger partial charge on any atom is 0.136 e. The average molecular weight is 663 g/mol. The van der Waals surface area contributed by atoms with Crippen molar-refractivity contribution in [2.24, 2.45) is 0 Å². The number of hydrogen-bond donors (Lipinski definition) is 0. The highest BCUT2D eigenvalue weighted by molar-refractivity contribution is 6.27. The van der Waals surface area contributed by atoms with E-state index in [-0.39, 0.29) is 0 Å². The van der Waals surface area contributed by atoms with Crippen LogP contribution in [-0.4, -0.2) is 9.55 Å². The zero-order valence-corrected chi connectivity index (χ0v) is 28.1. The van der Waals surface area contributed by atoms with E-state index >= 15 is 0 Å². The molecular formula is C49H30N2O. The minimum atomic E-state index is 0.867. The number of pyridine rings is 1. The van der Waals surface area contributed by atoms with Crippen LogP contribution in [0, 0.1) is 0 Å². The minimum absolute atomic E-state index is 0.867. The molecule has 3 aromatic heterocycles. The summed E-state index contributed by atoms with van der Waals surface area (Å²) in [5.41, 5.74) is 13.0. The molecule has 0 aliphatic heterocycles. The monoisotopic (exact) mass is 662 g/mol. The molecular weight excluding hydrogens is 633 g/mol. The second kappa shape index (κ2) is 11.3. The lowest BCUT2D eigenvalue weighted by atomic mass is 9.89. The molecule has 242 valence electrons. The van der Waals surface area contributed by atoms with Crippen LogP contribution in [0.1, 0.15) is 0 Å². The van der Waals surface area contributed by atoms with Crippen LogP contribution < -0.4 is 0 Å². The summed E-state index contributed by atoms with van der Waals surface area (Å²) in [4.78, 5) is 5.32. The molecule has 0 unspecified atom stereocenters. The summed E-state index contributed by atoms with van der Waals surface area (Å²) in [6.45, 7) is 0. The first-order valence-corrected chi connectivity index (χ1v) is 17.7. The van der Waals surface area contributed by atoms with E-state index < -0.39 is 0 Å². The molecule has 0 bridgehead atoms. The Bertz CT molecular complexity index is 3100. The first-order chi connectivity index (χ1) is 25.8. The van der Waals surface area contributed by atoms with E-state index in [0.717, 1.165) is 66.3 Å². The summed E-state index contributed by atoms with van der Waals surface area (Å²) < 4.78 is 8.91. The average Bonchev–Trinajstić information content (AvgIpc) is 3.76. The molecule has 3 nitrogen and oxygen atoms in total. The number of para-hydroxylation sites is 4. The molecule has 8 aromatic carbocycles. The van der Waals surface area contributed by atoms with Gasteiger partial charge in [-0.25, -0.2) is 4.98 Å². The molecule has 11 rings (SSSR count). The zero-order valence-electron chi connectivity index (χ0n) is 28.1. The van der Waals surface area contributed by atoms with Crippen LogP contribution in [0.2, 0.25) is 0 Å². The Morgan fingerprint density at radius 2 is 0.942 bits per heavy atom. The van der Waals surface area contributed by atoms with E-state index in [4.69, 9.17) is 9.40 Å². The third kappa shape index (κ3) is 4.30. The van der Waals surface area contributed by atoms with Crippen LogP contribution in [0.5, 0.6) is 0 Å². The Hall–Kier alpha value is -6.97. The van der Waals surface area contributed by atoms with Gasteiger partial charge in [0.05, 0.1) is 22.2 Å². The van der Waals surface area contributed by atoms with Gasteiger partial charge in [-0.2, -0.15) is 0 Å². The van der Waals surface area contributed by atoms with Crippen molar-refractivity contribution in [2.75, 3.05) is 0 Å². The van der Waals surface area contributed by atoms with Gasteiger partial charge in [0.1, 0.15) is 11.2 Å². The van der Waals surface area contributed by atoms with Gasteiger partial charge in [-0.1, -0.05) is 140 Å². The van der Waals surface area contributed by atoms with E-state index in [2.05, 4.69) is 180 Å². The normalized spacial score (nSPS) is 11.8. The first-order valence-electron chi connectivity index (χ1n) is 17.7. The van der Waals surface area contributed by atoms with Crippen molar-refractivity contribution in [3.05, 3.63) is 182 Å². The lowest BCUT2D eigenvalue weighted by molar-refractivity contribution is 0.669. The van der Waals surface area contributed by atoms with Crippen molar-refractivity contribution in [2.45, 2.75) is 0 Å². The number of nitrogens with zero attached hydrogens (tertiary/aromatic N) is 2. The second-order valence-electron chi connectivity index (χ2n) is 13.5. The van der Waals surface area contributed by atoms with E-state index in [0.29, 0.717) is 0 Å². The molecule has 3 heterocycles. The molecule has 3 heteroatoms. The fraction of sp³-hybridized carbons (Fsp3) is 0. The van der Waals surface area contributed by atoms with Gasteiger partial charge in [0.2, 0.25) is 0 Å². The van der Waals surface area contributed by atoms with Crippen molar-refractivity contribution in [1.82, 2.24) is 9.55 Å². The van der Waals surface area contributed by atoms with Crippen molar-refractivity contribution in [3.8, 4) is 39.2 Å². The standard InChI is InChI=1S/C49H30N2O/c1-2-12-33(13-3-1)46-47-38-16-4-8-18-41(38)50-49(40(47)30-45-48(46)39-17-7-11-21-44(39)52-45)34-24-22-31(23-25-34)32-26-28-35(29-27-32)51-42-19-9-5-14-36(42)37-15-6-10-20-43(37)51/h1-30H. The van der Waals surface area contributed by atoms with Crippen molar-refractivity contribution < 1.29 is 4.42 Å². The second-order valence-corrected chi connectivity index (χ2v) is 13.5. The van der Waals surface area contributed by atoms with Gasteiger partial charge in [-0.15, -0.1) is 0 Å². The summed E-state index contributed by atoms with van der Waals surface area (Å²) >= 11 is 0. The fourth-order valence-corrected chi connectivity index (χ4v) is 8.25. The third-order valence-electron chi connectivity index (χ3n) is 10.6. The highest BCUT2D eigenvalue weighted by atomic mass is 16.3. The fourth-order valence-electron chi connectivity index (χ4n) is 8.25. The minimum Gasteiger partial charge on any atom is -0.456 e. The SMILES string of the molecule is c1ccc(-c2c3c(cc4c(-c5ccc(-c6ccc(-n7c8ccccc8c8ccccc87)cc6)cc5)nc5ccccc5c24)oc2ccccc23)cc1. The lowest BCUT2D eigenvalue weighted by Gasteiger charge is -2.16. The summed E-state index contributed by atoms with van der Waals surface area (Å²) in [5.74, 6) is 0. The zero-order chi connectivity index (χ0) is 34.2. The van der Waals surface area contributed by atoms with Gasteiger partial charge < -0.3 is 8.98 Å². The molecule has 0 atom stereocenters. The smallest absolute Gasteiger partial charge is 0.136 e. The van der Waals surface area contributed by atoms with Crippen LogP contribution in [-0.2, 0) is 0 Å². The highest BCUT2D eigenvalue weighted by Gasteiger charge is 2.21. The molecule has 0 fully saturated rings. The molecule has 0 saturated heterocycles. The molecule has 0 aliphatic carbocycles. The topological polar surface area (TPSA) is 31.0 Å². The Labute approximate surface area is 299 Å². The number of benzene rings is 8. The quantitative estimate of drug-likeness (QED) is 0.176. The Kier molecular flexibility index (Phi) is 6.25. The van der Waals surface area contributed by atoms with Crippen LogP contribution in [0.4, 0.5) is 0 Å². The lowest BCUT2D eigenvalue weighted by Crippen LogP contribution is -1.94. The van der Waals surface area contributed by atoms with Gasteiger partial charge in [0, 0.05) is 54.5 Å². The van der Waals surface area contributed by atoms with Gasteiger partial charge in [-0.3, -0.25) is 0 Å².